The van der Waals surface area contributed by atoms with E-state index in [1.165, 1.54) is 5.56 Å². The zero-order chi connectivity index (χ0) is 13.0. The quantitative estimate of drug-likeness (QED) is 0.879. The van der Waals surface area contributed by atoms with Gasteiger partial charge in [0.15, 0.2) is 0 Å². The molecule has 0 aliphatic heterocycles. The zero-order valence-electron chi connectivity index (χ0n) is 10.9. The number of aliphatic hydroxyl groups excluding tert-OH is 1. The molecule has 0 amide bonds. The molecule has 1 heterocycles. The predicted octanol–water partition coefficient (Wildman–Crippen LogP) is 2.27. The molecule has 1 aromatic carbocycles. The number of hydrogen-bond acceptors (Lipinski definition) is 3. The van der Waals surface area contributed by atoms with Crippen molar-refractivity contribution in [3.8, 4) is 0 Å². The van der Waals surface area contributed by atoms with Crippen LogP contribution < -0.4 is 0 Å². The van der Waals surface area contributed by atoms with E-state index in [1.807, 2.05) is 12.1 Å². The first-order chi connectivity index (χ1) is 8.70. The van der Waals surface area contributed by atoms with Crippen molar-refractivity contribution in [1.82, 2.24) is 15.0 Å². The number of aryl methyl sites for hydroxylation is 2. The standard InChI is InChI=1S/C14H19N3O/c1-3-8-17-13(10-15-16-17)14(18)9-12-6-4-11(2)5-7-12/h4-7,10,14,18H,3,8-9H2,1-2H3. The van der Waals surface area contributed by atoms with Crippen LogP contribution in [-0.2, 0) is 13.0 Å². The van der Waals surface area contributed by atoms with E-state index in [0.29, 0.717) is 6.42 Å². The summed E-state index contributed by atoms with van der Waals surface area (Å²) >= 11 is 0. The smallest absolute Gasteiger partial charge is 0.101 e. The number of aromatic nitrogens is 3. The Morgan fingerprint density at radius 3 is 2.67 bits per heavy atom. The topological polar surface area (TPSA) is 50.9 Å². The van der Waals surface area contributed by atoms with E-state index in [9.17, 15) is 5.11 Å². The van der Waals surface area contributed by atoms with Gasteiger partial charge in [-0.25, -0.2) is 4.68 Å². The van der Waals surface area contributed by atoms with Gasteiger partial charge < -0.3 is 5.11 Å². The van der Waals surface area contributed by atoms with Crippen molar-refractivity contribution in [2.45, 2.75) is 39.3 Å². The molecule has 96 valence electrons. The van der Waals surface area contributed by atoms with Gasteiger partial charge in [0.05, 0.1) is 11.9 Å². The predicted molar refractivity (Wildman–Crippen MR) is 70.2 cm³/mol. The summed E-state index contributed by atoms with van der Waals surface area (Å²) in [5, 5.41) is 18.1. The third kappa shape index (κ3) is 2.96. The summed E-state index contributed by atoms with van der Waals surface area (Å²) in [6, 6.07) is 8.21. The van der Waals surface area contributed by atoms with Gasteiger partial charge in [-0.05, 0) is 18.9 Å². The first-order valence-corrected chi connectivity index (χ1v) is 6.32. The molecule has 18 heavy (non-hydrogen) atoms. The molecule has 0 saturated heterocycles. The zero-order valence-corrected chi connectivity index (χ0v) is 10.9. The lowest BCUT2D eigenvalue weighted by atomic mass is 10.0. The highest BCUT2D eigenvalue weighted by Crippen LogP contribution is 2.17. The average molecular weight is 245 g/mol. The molecule has 0 spiro atoms. The van der Waals surface area contributed by atoms with Gasteiger partial charge in [0.1, 0.15) is 6.10 Å². The highest BCUT2D eigenvalue weighted by molar-refractivity contribution is 5.22. The van der Waals surface area contributed by atoms with Gasteiger partial charge in [-0.1, -0.05) is 42.0 Å². The van der Waals surface area contributed by atoms with Crippen LogP contribution in [-0.4, -0.2) is 20.1 Å². The summed E-state index contributed by atoms with van der Waals surface area (Å²) in [5.41, 5.74) is 3.14. The molecule has 0 fully saturated rings. The molecule has 0 saturated carbocycles. The molecule has 0 bridgehead atoms. The van der Waals surface area contributed by atoms with Crippen LogP contribution >= 0.6 is 0 Å². The average Bonchev–Trinajstić information content (AvgIpc) is 2.81. The van der Waals surface area contributed by atoms with Crippen LogP contribution in [0.15, 0.2) is 30.5 Å². The summed E-state index contributed by atoms with van der Waals surface area (Å²) in [4.78, 5) is 0. The molecule has 1 unspecified atom stereocenters. The molecule has 0 aliphatic carbocycles. The van der Waals surface area contributed by atoms with Crippen molar-refractivity contribution in [1.29, 1.82) is 0 Å². The maximum Gasteiger partial charge on any atom is 0.101 e. The molecule has 1 N–H and O–H groups in total. The first-order valence-electron chi connectivity index (χ1n) is 6.32. The second kappa shape index (κ2) is 5.78. The third-order valence-corrected chi connectivity index (χ3v) is 2.97. The minimum Gasteiger partial charge on any atom is -0.386 e. The SMILES string of the molecule is CCCn1nncc1C(O)Cc1ccc(C)cc1. The van der Waals surface area contributed by atoms with E-state index in [1.54, 1.807) is 10.9 Å². The molecular formula is C14H19N3O. The summed E-state index contributed by atoms with van der Waals surface area (Å²) in [7, 11) is 0. The Labute approximate surface area is 107 Å². The fourth-order valence-corrected chi connectivity index (χ4v) is 1.96. The first kappa shape index (κ1) is 12.8. The van der Waals surface area contributed by atoms with Crippen LogP contribution in [0.25, 0.3) is 0 Å². The van der Waals surface area contributed by atoms with E-state index >= 15 is 0 Å². The number of aliphatic hydroxyl groups is 1. The van der Waals surface area contributed by atoms with Crippen LogP contribution in [0.3, 0.4) is 0 Å². The minimum absolute atomic E-state index is 0.547. The highest BCUT2D eigenvalue weighted by Gasteiger charge is 2.14. The summed E-state index contributed by atoms with van der Waals surface area (Å²) in [6.45, 7) is 4.93. The van der Waals surface area contributed by atoms with Gasteiger partial charge in [-0.3, -0.25) is 0 Å². The molecule has 0 radical (unpaired) electrons. The molecule has 0 aliphatic rings. The minimum atomic E-state index is -0.547. The Kier molecular flexibility index (Phi) is 4.10. The van der Waals surface area contributed by atoms with Crippen LogP contribution in [0.1, 0.15) is 36.3 Å². The fraction of sp³-hybridized carbons (Fsp3) is 0.429. The second-order valence-corrected chi connectivity index (χ2v) is 4.59. The van der Waals surface area contributed by atoms with E-state index in [0.717, 1.165) is 24.2 Å². The Morgan fingerprint density at radius 1 is 1.28 bits per heavy atom. The van der Waals surface area contributed by atoms with Crippen molar-refractivity contribution in [2.24, 2.45) is 0 Å². The monoisotopic (exact) mass is 245 g/mol. The molecule has 2 aromatic rings. The van der Waals surface area contributed by atoms with Gasteiger partial charge in [0, 0.05) is 13.0 Å². The number of nitrogens with zero attached hydrogens (tertiary/aromatic N) is 3. The lowest BCUT2D eigenvalue weighted by Gasteiger charge is -2.12. The Balaban J connectivity index is 2.09. The van der Waals surface area contributed by atoms with E-state index < -0.39 is 6.10 Å². The Hall–Kier alpha value is -1.68. The largest absolute Gasteiger partial charge is 0.386 e. The van der Waals surface area contributed by atoms with E-state index in [-0.39, 0.29) is 0 Å². The maximum absolute atomic E-state index is 10.2. The molecule has 4 heteroatoms. The lowest BCUT2D eigenvalue weighted by molar-refractivity contribution is 0.166. The third-order valence-electron chi connectivity index (χ3n) is 2.97. The van der Waals surface area contributed by atoms with Gasteiger partial charge >= 0.3 is 0 Å². The van der Waals surface area contributed by atoms with E-state index in [2.05, 4.69) is 36.3 Å². The summed E-state index contributed by atoms with van der Waals surface area (Å²) in [6.07, 6.45) is 2.67. The van der Waals surface area contributed by atoms with Crippen molar-refractivity contribution in [3.05, 3.63) is 47.3 Å². The summed E-state index contributed by atoms with van der Waals surface area (Å²) < 4.78 is 1.78. The van der Waals surface area contributed by atoms with Crippen molar-refractivity contribution in [2.75, 3.05) is 0 Å². The molecule has 1 aromatic heterocycles. The van der Waals surface area contributed by atoms with E-state index in [4.69, 9.17) is 0 Å². The van der Waals surface area contributed by atoms with Gasteiger partial charge in [0.2, 0.25) is 0 Å². The maximum atomic E-state index is 10.2. The normalized spacial score (nSPS) is 12.6. The summed E-state index contributed by atoms with van der Waals surface area (Å²) in [5.74, 6) is 0. The Morgan fingerprint density at radius 2 is 2.00 bits per heavy atom. The number of rotatable bonds is 5. The number of benzene rings is 1. The highest BCUT2D eigenvalue weighted by atomic mass is 16.3. The second-order valence-electron chi connectivity index (χ2n) is 4.59. The van der Waals surface area contributed by atoms with Crippen molar-refractivity contribution in [3.63, 3.8) is 0 Å². The van der Waals surface area contributed by atoms with Crippen LogP contribution in [0.5, 0.6) is 0 Å². The van der Waals surface area contributed by atoms with Gasteiger partial charge in [0.25, 0.3) is 0 Å². The fourth-order valence-electron chi connectivity index (χ4n) is 1.96. The van der Waals surface area contributed by atoms with Crippen molar-refractivity contribution >= 4 is 0 Å². The van der Waals surface area contributed by atoms with Crippen LogP contribution in [0.2, 0.25) is 0 Å². The lowest BCUT2D eigenvalue weighted by Crippen LogP contribution is -2.11. The molecule has 4 nitrogen and oxygen atoms in total. The molecular weight excluding hydrogens is 226 g/mol. The van der Waals surface area contributed by atoms with Crippen molar-refractivity contribution < 1.29 is 5.11 Å². The van der Waals surface area contributed by atoms with Crippen LogP contribution in [0.4, 0.5) is 0 Å². The molecule has 1 atom stereocenters. The van der Waals surface area contributed by atoms with Crippen LogP contribution in [0, 0.1) is 6.92 Å². The number of hydrogen-bond donors (Lipinski definition) is 1. The van der Waals surface area contributed by atoms with Gasteiger partial charge in [-0.2, -0.15) is 0 Å². The van der Waals surface area contributed by atoms with Gasteiger partial charge in [-0.15, -0.1) is 5.10 Å². The molecule has 2 rings (SSSR count). The Bertz CT molecular complexity index is 490.